The molecule has 0 bridgehead atoms. The second-order valence-electron chi connectivity index (χ2n) is 6.69. The van der Waals surface area contributed by atoms with E-state index >= 15 is 0 Å². The molecule has 6 nitrogen and oxygen atoms in total. The topological polar surface area (TPSA) is 42.4 Å². The highest BCUT2D eigenvalue weighted by Gasteiger charge is 2.30. The van der Waals surface area contributed by atoms with E-state index in [-0.39, 0.29) is 5.91 Å². The molecule has 3 aliphatic heterocycles. The van der Waals surface area contributed by atoms with Gasteiger partial charge in [-0.05, 0) is 12.6 Å². The normalized spacial score (nSPS) is 20.4. The van der Waals surface area contributed by atoms with Crippen LogP contribution in [0.2, 0.25) is 0 Å². The van der Waals surface area contributed by atoms with E-state index < -0.39 is 0 Å². The number of amides is 1. The van der Waals surface area contributed by atoms with Crippen molar-refractivity contribution >= 4 is 11.7 Å². The first-order chi connectivity index (χ1) is 12.2. The lowest BCUT2D eigenvalue weighted by molar-refractivity contribution is -0.129. The van der Waals surface area contributed by atoms with E-state index in [9.17, 15) is 4.79 Å². The largest absolute Gasteiger partial charge is 0.336 e. The molecule has 1 aromatic rings. The Morgan fingerprint density at radius 3 is 2.64 bits per heavy atom. The highest BCUT2D eigenvalue weighted by atomic mass is 16.2. The Balaban J connectivity index is 1.44. The fourth-order valence-electron chi connectivity index (χ4n) is 3.32. The summed E-state index contributed by atoms with van der Waals surface area (Å²) >= 11 is 0. The number of carbonyl (C=O) groups excluding carboxylic acids is 1. The molecule has 0 aromatic heterocycles. The maximum absolute atomic E-state index is 12.8. The third-order valence-electron chi connectivity index (χ3n) is 4.90. The molecule has 0 N–H and O–H groups in total. The van der Waals surface area contributed by atoms with Gasteiger partial charge < -0.3 is 9.80 Å². The van der Waals surface area contributed by atoms with Crippen LogP contribution in [-0.2, 0) is 11.3 Å². The van der Waals surface area contributed by atoms with Gasteiger partial charge in [-0.25, -0.2) is 4.99 Å². The highest BCUT2D eigenvalue weighted by molar-refractivity contribution is 6.00. The predicted molar refractivity (Wildman–Crippen MR) is 97.4 cm³/mol. The number of hydrogen-bond donors (Lipinski definition) is 0. The summed E-state index contributed by atoms with van der Waals surface area (Å²) in [6, 6.07) is 10.3. The van der Waals surface area contributed by atoms with Gasteiger partial charge in [0, 0.05) is 44.7 Å². The highest BCUT2D eigenvalue weighted by Crippen LogP contribution is 2.21. The molecule has 130 valence electrons. The van der Waals surface area contributed by atoms with E-state index in [1.807, 2.05) is 35.4 Å². The van der Waals surface area contributed by atoms with Gasteiger partial charge in [-0.3, -0.25) is 14.8 Å². The summed E-state index contributed by atoms with van der Waals surface area (Å²) < 4.78 is 0. The molecule has 0 atom stereocenters. The SMILES string of the molecule is CN1CCN(C(=O)C2=CN=C3C=CN(Cc4ccccc4)N3C2)CC1. The van der Waals surface area contributed by atoms with Gasteiger partial charge in [0.05, 0.1) is 18.7 Å². The minimum atomic E-state index is 0.113. The van der Waals surface area contributed by atoms with Gasteiger partial charge >= 0.3 is 0 Å². The quantitative estimate of drug-likeness (QED) is 0.834. The Kier molecular flexibility index (Phi) is 4.28. The van der Waals surface area contributed by atoms with Crippen LogP contribution in [0.1, 0.15) is 5.56 Å². The van der Waals surface area contributed by atoms with Crippen molar-refractivity contribution in [1.82, 2.24) is 19.8 Å². The number of likely N-dealkylation sites (N-methyl/N-ethyl adjacent to an activating group) is 1. The summed E-state index contributed by atoms with van der Waals surface area (Å²) in [6.07, 6.45) is 5.77. The van der Waals surface area contributed by atoms with Crippen LogP contribution < -0.4 is 0 Å². The van der Waals surface area contributed by atoms with Crippen LogP contribution in [0.3, 0.4) is 0 Å². The first-order valence-corrected chi connectivity index (χ1v) is 8.71. The number of hydrogen-bond acceptors (Lipinski definition) is 5. The number of aliphatic imine (C=N–C) groups is 1. The Bertz CT molecular complexity index is 731. The first kappa shape index (κ1) is 15.9. The van der Waals surface area contributed by atoms with Crippen molar-refractivity contribution in [2.75, 3.05) is 39.8 Å². The number of fused-ring (bicyclic) bond motifs is 1. The van der Waals surface area contributed by atoms with E-state index in [1.54, 1.807) is 6.20 Å². The molecule has 3 aliphatic rings. The van der Waals surface area contributed by atoms with Crippen molar-refractivity contribution in [3.63, 3.8) is 0 Å². The fraction of sp³-hybridized carbons (Fsp3) is 0.368. The molecule has 6 heteroatoms. The maximum Gasteiger partial charge on any atom is 0.253 e. The Labute approximate surface area is 148 Å². The number of hydrazine groups is 1. The number of rotatable bonds is 3. The van der Waals surface area contributed by atoms with Gasteiger partial charge in [0.2, 0.25) is 0 Å². The lowest BCUT2D eigenvalue weighted by Crippen LogP contribution is -2.49. The number of carbonyl (C=O) groups is 1. The second kappa shape index (κ2) is 6.72. The summed E-state index contributed by atoms with van der Waals surface area (Å²) in [7, 11) is 2.09. The van der Waals surface area contributed by atoms with Crippen molar-refractivity contribution < 1.29 is 4.79 Å². The first-order valence-electron chi connectivity index (χ1n) is 8.71. The number of amidine groups is 1. The molecule has 25 heavy (non-hydrogen) atoms. The molecule has 0 aliphatic carbocycles. The summed E-state index contributed by atoms with van der Waals surface area (Å²) in [5, 5.41) is 4.20. The molecule has 1 fully saturated rings. The third-order valence-corrected chi connectivity index (χ3v) is 4.90. The minimum absolute atomic E-state index is 0.113. The monoisotopic (exact) mass is 337 g/mol. The molecule has 1 saturated heterocycles. The van der Waals surface area contributed by atoms with E-state index in [4.69, 9.17) is 0 Å². The molecule has 4 rings (SSSR count). The fourth-order valence-corrected chi connectivity index (χ4v) is 3.32. The smallest absolute Gasteiger partial charge is 0.253 e. The van der Waals surface area contributed by atoms with Crippen LogP contribution in [0.4, 0.5) is 0 Å². The van der Waals surface area contributed by atoms with Crippen LogP contribution in [0.25, 0.3) is 0 Å². The Morgan fingerprint density at radius 1 is 1.12 bits per heavy atom. The molecule has 0 spiro atoms. The summed E-state index contributed by atoms with van der Waals surface area (Å²) in [5.41, 5.74) is 1.99. The van der Waals surface area contributed by atoms with Gasteiger partial charge in [-0.2, -0.15) is 0 Å². The van der Waals surface area contributed by atoms with Gasteiger partial charge in [0.25, 0.3) is 5.91 Å². The zero-order chi connectivity index (χ0) is 17.2. The number of nitrogens with zero attached hydrogens (tertiary/aromatic N) is 5. The number of benzene rings is 1. The molecule has 0 unspecified atom stereocenters. The van der Waals surface area contributed by atoms with Crippen LogP contribution in [0, 0.1) is 0 Å². The molecular weight excluding hydrogens is 314 g/mol. The van der Waals surface area contributed by atoms with Gasteiger partial charge in [-0.15, -0.1) is 0 Å². The third kappa shape index (κ3) is 3.30. The average Bonchev–Trinajstić information content (AvgIpc) is 3.05. The van der Waals surface area contributed by atoms with Crippen molar-refractivity contribution in [2.24, 2.45) is 4.99 Å². The van der Waals surface area contributed by atoms with Crippen molar-refractivity contribution in [1.29, 1.82) is 0 Å². The minimum Gasteiger partial charge on any atom is -0.336 e. The van der Waals surface area contributed by atoms with Crippen LogP contribution in [0.5, 0.6) is 0 Å². The van der Waals surface area contributed by atoms with E-state index in [0.29, 0.717) is 6.54 Å². The summed E-state index contributed by atoms with van der Waals surface area (Å²) in [6.45, 7) is 4.78. The standard InChI is InChI=1S/C19H23N5O/c1-21-9-11-22(12-10-21)19(25)17-13-20-18-7-8-23(24(18)15-17)14-16-5-3-2-4-6-16/h2-8,13H,9-12,14-15H2,1H3. The molecule has 3 heterocycles. The maximum atomic E-state index is 12.8. The number of piperazine rings is 1. The zero-order valence-electron chi connectivity index (χ0n) is 14.5. The summed E-state index contributed by atoms with van der Waals surface area (Å²) in [4.78, 5) is 21.5. The van der Waals surface area contributed by atoms with Crippen molar-refractivity contribution in [3.05, 3.63) is 59.9 Å². The van der Waals surface area contributed by atoms with Gasteiger partial charge in [0.15, 0.2) is 0 Å². The molecular formula is C19H23N5O. The van der Waals surface area contributed by atoms with Crippen LogP contribution >= 0.6 is 0 Å². The lowest BCUT2D eigenvalue weighted by Gasteiger charge is -2.36. The van der Waals surface area contributed by atoms with Crippen molar-refractivity contribution in [3.8, 4) is 0 Å². The van der Waals surface area contributed by atoms with Gasteiger partial charge in [0.1, 0.15) is 5.84 Å². The lowest BCUT2D eigenvalue weighted by atomic mass is 10.2. The predicted octanol–water partition coefficient (Wildman–Crippen LogP) is 1.30. The molecule has 1 amide bonds. The average molecular weight is 337 g/mol. The van der Waals surface area contributed by atoms with E-state index in [2.05, 4.69) is 39.1 Å². The second-order valence-corrected chi connectivity index (χ2v) is 6.69. The molecule has 0 radical (unpaired) electrons. The van der Waals surface area contributed by atoms with Crippen LogP contribution in [-0.4, -0.2) is 71.3 Å². The zero-order valence-corrected chi connectivity index (χ0v) is 14.5. The van der Waals surface area contributed by atoms with Gasteiger partial charge in [-0.1, -0.05) is 30.3 Å². The van der Waals surface area contributed by atoms with Crippen LogP contribution in [0.15, 0.2) is 59.4 Å². The Morgan fingerprint density at radius 2 is 1.88 bits per heavy atom. The molecule has 0 saturated carbocycles. The van der Waals surface area contributed by atoms with E-state index in [1.165, 1.54) is 5.56 Å². The molecule has 1 aromatic carbocycles. The van der Waals surface area contributed by atoms with Crippen molar-refractivity contribution in [2.45, 2.75) is 6.54 Å². The Hall–Kier alpha value is -2.60. The van der Waals surface area contributed by atoms with E-state index in [0.717, 1.165) is 44.1 Å². The summed E-state index contributed by atoms with van der Waals surface area (Å²) in [5.74, 6) is 1.01.